The number of unbranched alkanes of at least 4 members (excludes halogenated alkanes) is 22. The molecule has 0 saturated heterocycles. The first-order chi connectivity index (χ1) is 26.6. The average Bonchev–Trinajstić information content (AvgIpc) is 3.13. The highest BCUT2D eigenvalue weighted by atomic mass is 31.2. The highest BCUT2D eigenvalue weighted by molar-refractivity contribution is 7.47. The van der Waals surface area contributed by atoms with Gasteiger partial charge < -0.3 is 18.9 Å². The Morgan fingerprint density at radius 2 is 1.00 bits per heavy atom. The lowest BCUT2D eigenvalue weighted by Gasteiger charge is -2.24. The van der Waals surface area contributed by atoms with Gasteiger partial charge in [0.1, 0.15) is 19.3 Å². The minimum Gasteiger partial charge on any atom is -0.457 e. The summed E-state index contributed by atoms with van der Waals surface area (Å²) in [6.07, 6.45) is 46.1. The summed E-state index contributed by atoms with van der Waals surface area (Å²) in [5.74, 6) is -0.318. The van der Waals surface area contributed by atoms with Crippen LogP contribution in [0.2, 0.25) is 0 Å². The first-order valence-corrected chi connectivity index (χ1v) is 24.2. The van der Waals surface area contributed by atoms with E-state index in [0.717, 1.165) is 51.4 Å². The minimum absolute atomic E-state index is 0.0871. The summed E-state index contributed by atoms with van der Waals surface area (Å²) >= 11 is 0. The standard InChI is InChI=1S/C46H88NO7P/c1-6-8-10-12-14-16-18-19-20-21-22-23-24-25-26-27-28-30-32-34-36-38-41-51-43-45(44-53-55(49,50)52-42-40-47(3,4)5)54-46(48)39-37-35-33-31-29-17-15-13-11-9-7-2/h18-19,21-22,24-25,45H,6-17,20,23,26-44H2,1-5H3/p+1/b19-18-,22-21-,25-24-. The van der Waals surface area contributed by atoms with Gasteiger partial charge >= 0.3 is 13.8 Å². The van der Waals surface area contributed by atoms with E-state index in [1.807, 2.05) is 21.1 Å². The molecule has 2 atom stereocenters. The molecule has 2 unspecified atom stereocenters. The number of rotatable bonds is 42. The SMILES string of the molecule is CCCCCCC/C=C\C/C=C\C/C=C\CCCCCCCCCOCC(COP(=O)(O)OCC[N+](C)(C)C)OC(=O)CCCCCCCCCCCCC. The Hall–Kier alpha value is -1.28. The molecule has 0 amide bonds. The monoisotopic (exact) mass is 799 g/mol. The van der Waals surface area contributed by atoms with Crippen molar-refractivity contribution in [3.05, 3.63) is 36.5 Å². The number of likely N-dealkylation sites (N-methyl/N-ethyl adjacent to an activating group) is 1. The largest absolute Gasteiger partial charge is 0.472 e. The number of hydrogen-bond donors (Lipinski definition) is 1. The fourth-order valence-electron chi connectivity index (χ4n) is 6.15. The van der Waals surface area contributed by atoms with Crippen LogP contribution in [-0.2, 0) is 27.9 Å². The first kappa shape index (κ1) is 53.7. The normalized spacial score (nSPS) is 14.1. The van der Waals surface area contributed by atoms with Crippen molar-refractivity contribution in [2.45, 2.75) is 200 Å². The Kier molecular flexibility index (Phi) is 38.6. The molecule has 0 bridgehead atoms. The van der Waals surface area contributed by atoms with Crippen molar-refractivity contribution in [2.75, 3.05) is 54.1 Å². The average molecular weight is 799 g/mol. The molecular weight excluding hydrogens is 709 g/mol. The lowest BCUT2D eigenvalue weighted by atomic mass is 10.1. The number of ether oxygens (including phenoxy) is 2. The quantitative estimate of drug-likeness (QED) is 0.0216. The van der Waals surface area contributed by atoms with Crippen LogP contribution in [-0.4, -0.2) is 75.6 Å². The van der Waals surface area contributed by atoms with Gasteiger partial charge in [0.05, 0.1) is 34.4 Å². The zero-order chi connectivity index (χ0) is 40.6. The Balaban J connectivity index is 4.17. The first-order valence-electron chi connectivity index (χ1n) is 22.7. The summed E-state index contributed by atoms with van der Waals surface area (Å²) in [5, 5.41) is 0. The maximum Gasteiger partial charge on any atom is 0.472 e. The summed E-state index contributed by atoms with van der Waals surface area (Å²) < 4.78 is 35.0. The van der Waals surface area contributed by atoms with Crippen molar-refractivity contribution in [1.29, 1.82) is 0 Å². The zero-order valence-corrected chi connectivity index (χ0v) is 37.6. The molecule has 0 aromatic rings. The third-order valence-electron chi connectivity index (χ3n) is 9.70. The molecule has 0 aromatic heterocycles. The molecule has 0 spiro atoms. The summed E-state index contributed by atoms with van der Waals surface area (Å²) in [5.41, 5.74) is 0. The number of carbonyl (C=O) groups is 1. The van der Waals surface area contributed by atoms with Crippen LogP contribution in [0.25, 0.3) is 0 Å². The van der Waals surface area contributed by atoms with Crippen LogP contribution in [0.3, 0.4) is 0 Å². The third-order valence-corrected chi connectivity index (χ3v) is 10.7. The molecular formula is C46H89NO7P+. The lowest BCUT2D eigenvalue weighted by Crippen LogP contribution is -2.37. The van der Waals surface area contributed by atoms with Crippen molar-refractivity contribution in [3.8, 4) is 0 Å². The van der Waals surface area contributed by atoms with E-state index in [1.54, 1.807) is 0 Å². The van der Waals surface area contributed by atoms with E-state index in [4.69, 9.17) is 18.5 Å². The lowest BCUT2D eigenvalue weighted by molar-refractivity contribution is -0.870. The highest BCUT2D eigenvalue weighted by Gasteiger charge is 2.26. The van der Waals surface area contributed by atoms with Gasteiger partial charge in [-0.25, -0.2) is 4.57 Å². The van der Waals surface area contributed by atoms with Crippen LogP contribution in [0.4, 0.5) is 0 Å². The van der Waals surface area contributed by atoms with Gasteiger partial charge in [-0.05, 0) is 51.4 Å². The van der Waals surface area contributed by atoms with E-state index >= 15 is 0 Å². The highest BCUT2D eigenvalue weighted by Crippen LogP contribution is 2.43. The molecule has 0 saturated carbocycles. The van der Waals surface area contributed by atoms with Gasteiger partial charge in [0.2, 0.25) is 0 Å². The number of esters is 1. The predicted molar refractivity (Wildman–Crippen MR) is 233 cm³/mol. The number of nitrogens with zero attached hydrogens (tertiary/aromatic N) is 1. The summed E-state index contributed by atoms with van der Waals surface area (Å²) in [4.78, 5) is 22.8. The summed E-state index contributed by atoms with van der Waals surface area (Å²) in [6, 6.07) is 0. The fraction of sp³-hybridized carbons (Fsp3) is 0.848. The van der Waals surface area contributed by atoms with Crippen molar-refractivity contribution in [2.24, 2.45) is 0 Å². The molecule has 0 heterocycles. The Labute approximate surface area is 340 Å². The van der Waals surface area contributed by atoms with Crippen molar-refractivity contribution < 1.29 is 37.3 Å². The summed E-state index contributed by atoms with van der Waals surface area (Å²) in [6.45, 7) is 5.59. The molecule has 0 aliphatic rings. The second kappa shape index (κ2) is 39.5. The van der Waals surface area contributed by atoms with Crippen LogP contribution in [0, 0.1) is 0 Å². The number of quaternary nitrogens is 1. The molecule has 0 aliphatic heterocycles. The molecule has 324 valence electrons. The van der Waals surface area contributed by atoms with Crippen molar-refractivity contribution >= 4 is 13.8 Å². The van der Waals surface area contributed by atoms with Crippen LogP contribution in [0.1, 0.15) is 194 Å². The molecule has 0 fully saturated rings. The van der Waals surface area contributed by atoms with E-state index in [2.05, 4.69) is 50.3 Å². The predicted octanol–water partition coefficient (Wildman–Crippen LogP) is 13.4. The molecule has 0 rings (SSSR count). The van der Waals surface area contributed by atoms with E-state index in [-0.39, 0.29) is 25.8 Å². The van der Waals surface area contributed by atoms with E-state index in [9.17, 15) is 14.3 Å². The Bertz CT molecular complexity index is 978. The maximum absolute atomic E-state index is 12.7. The van der Waals surface area contributed by atoms with Gasteiger partial charge in [0.25, 0.3) is 0 Å². The molecule has 0 aliphatic carbocycles. The van der Waals surface area contributed by atoms with Gasteiger partial charge in [-0.1, -0.05) is 172 Å². The molecule has 1 N–H and O–H groups in total. The van der Waals surface area contributed by atoms with E-state index in [1.165, 1.54) is 122 Å². The third kappa shape index (κ3) is 43.7. The van der Waals surface area contributed by atoms with Crippen molar-refractivity contribution in [3.63, 3.8) is 0 Å². The molecule has 55 heavy (non-hydrogen) atoms. The second-order valence-electron chi connectivity index (χ2n) is 16.4. The van der Waals surface area contributed by atoms with Gasteiger partial charge in [-0.2, -0.15) is 0 Å². The van der Waals surface area contributed by atoms with Crippen LogP contribution in [0.15, 0.2) is 36.5 Å². The molecule has 9 heteroatoms. The van der Waals surface area contributed by atoms with Gasteiger partial charge in [0.15, 0.2) is 0 Å². The number of carbonyl (C=O) groups excluding carboxylic acids is 1. The van der Waals surface area contributed by atoms with Gasteiger partial charge in [-0.3, -0.25) is 13.8 Å². The molecule has 0 radical (unpaired) electrons. The number of phosphoric acid groups is 1. The molecule has 0 aromatic carbocycles. The van der Waals surface area contributed by atoms with Gasteiger partial charge in [-0.15, -0.1) is 0 Å². The van der Waals surface area contributed by atoms with Crippen LogP contribution >= 0.6 is 7.82 Å². The topological polar surface area (TPSA) is 91.3 Å². The van der Waals surface area contributed by atoms with E-state index in [0.29, 0.717) is 24.1 Å². The Morgan fingerprint density at radius 3 is 1.49 bits per heavy atom. The number of phosphoric ester groups is 1. The number of hydrogen-bond acceptors (Lipinski definition) is 6. The van der Waals surface area contributed by atoms with E-state index < -0.39 is 13.9 Å². The summed E-state index contributed by atoms with van der Waals surface area (Å²) in [7, 11) is 1.66. The Morgan fingerprint density at radius 1 is 0.564 bits per heavy atom. The maximum atomic E-state index is 12.7. The van der Waals surface area contributed by atoms with Crippen molar-refractivity contribution in [1.82, 2.24) is 0 Å². The number of allylic oxidation sites excluding steroid dienone is 6. The van der Waals surface area contributed by atoms with Gasteiger partial charge in [0, 0.05) is 13.0 Å². The minimum atomic E-state index is -4.27. The smallest absolute Gasteiger partial charge is 0.457 e. The zero-order valence-electron chi connectivity index (χ0n) is 36.7. The molecule has 8 nitrogen and oxygen atoms in total. The fourth-order valence-corrected chi connectivity index (χ4v) is 6.89. The van der Waals surface area contributed by atoms with Crippen LogP contribution in [0.5, 0.6) is 0 Å². The second-order valence-corrected chi connectivity index (χ2v) is 17.9. The van der Waals surface area contributed by atoms with Crippen LogP contribution < -0.4 is 0 Å².